The number of amides is 1. The summed E-state index contributed by atoms with van der Waals surface area (Å²) < 4.78 is 13.1. The van der Waals surface area contributed by atoms with Crippen LogP contribution in [-0.4, -0.2) is 12.5 Å². The molecule has 5 heteroatoms. The molecule has 104 valence electrons. The number of nitrogen functional groups attached to an aromatic ring is 1. The van der Waals surface area contributed by atoms with E-state index in [1.165, 1.54) is 12.1 Å². The molecule has 0 spiro atoms. The Labute approximate surface area is 121 Å². The zero-order valence-electron chi connectivity index (χ0n) is 10.7. The highest BCUT2D eigenvalue weighted by molar-refractivity contribution is 6.30. The second-order valence-electron chi connectivity index (χ2n) is 4.41. The van der Waals surface area contributed by atoms with Gasteiger partial charge < -0.3 is 11.1 Å². The molecule has 0 bridgehead atoms. The molecular weight excluding hydrogens is 279 g/mol. The van der Waals surface area contributed by atoms with Gasteiger partial charge in [-0.15, -0.1) is 0 Å². The molecule has 0 saturated heterocycles. The Kier molecular flexibility index (Phi) is 4.58. The maximum absolute atomic E-state index is 13.1. The van der Waals surface area contributed by atoms with Crippen molar-refractivity contribution in [2.75, 3.05) is 12.3 Å². The van der Waals surface area contributed by atoms with E-state index in [9.17, 15) is 9.18 Å². The van der Waals surface area contributed by atoms with Crippen molar-refractivity contribution in [2.24, 2.45) is 0 Å². The molecule has 3 nitrogen and oxygen atoms in total. The van der Waals surface area contributed by atoms with Gasteiger partial charge in [-0.3, -0.25) is 4.79 Å². The lowest BCUT2D eigenvalue weighted by molar-refractivity contribution is 0.0953. The van der Waals surface area contributed by atoms with Crippen LogP contribution in [0.25, 0.3) is 0 Å². The number of carbonyl (C=O) groups is 1. The molecule has 0 unspecified atom stereocenters. The summed E-state index contributed by atoms with van der Waals surface area (Å²) in [6.07, 6.45) is 0.650. The molecule has 0 fully saturated rings. The minimum Gasteiger partial charge on any atom is -0.399 e. The van der Waals surface area contributed by atoms with Gasteiger partial charge in [0, 0.05) is 22.8 Å². The Balaban J connectivity index is 1.92. The minimum atomic E-state index is -0.523. The van der Waals surface area contributed by atoms with Gasteiger partial charge in [-0.2, -0.15) is 0 Å². The lowest BCUT2D eigenvalue weighted by atomic mass is 10.1. The Morgan fingerprint density at radius 2 is 2.05 bits per heavy atom. The first-order valence-corrected chi connectivity index (χ1v) is 6.51. The summed E-state index contributed by atoms with van der Waals surface area (Å²) in [5.74, 6) is -0.872. The number of nitrogens with two attached hydrogens (primary N) is 1. The van der Waals surface area contributed by atoms with Gasteiger partial charge in [-0.05, 0) is 42.3 Å². The Morgan fingerprint density at radius 1 is 1.25 bits per heavy atom. The predicted octanol–water partition coefficient (Wildman–Crippen LogP) is 3.03. The molecule has 0 aliphatic rings. The van der Waals surface area contributed by atoms with Crippen molar-refractivity contribution in [3.8, 4) is 0 Å². The fraction of sp³-hybridized carbons (Fsp3) is 0.133. The number of halogens is 2. The molecule has 0 aromatic heterocycles. The van der Waals surface area contributed by atoms with E-state index in [1.807, 2.05) is 18.2 Å². The fourth-order valence-electron chi connectivity index (χ4n) is 1.86. The number of anilines is 1. The van der Waals surface area contributed by atoms with Gasteiger partial charge in [0.05, 0.1) is 0 Å². The summed E-state index contributed by atoms with van der Waals surface area (Å²) in [5.41, 5.74) is 6.97. The van der Waals surface area contributed by atoms with Crippen molar-refractivity contribution in [3.63, 3.8) is 0 Å². The van der Waals surface area contributed by atoms with Crippen molar-refractivity contribution in [2.45, 2.75) is 6.42 Å². The Bertz CT molecular complexity index is 611. The number of carbonyl (C=O) groups excluding carboxylic acids is 1. The van der Waals surface area contributed by atoms with Crippen LogP contribution in [0.3, 0.4) is 0 Å². The second kappa shape index (κ2) is 6.39. The maximum Gasteiger partial charge on any atom is 0.251 e. The topological polar surface area (TPSA) is 55.1 Å². The third-order valence-corrected chi connectivity index (χ3v) is 3.01. The van der Waals surface area contributed by atoms with Crippen LogP contribution in [0.15, 0.2) is 42.5 Å². The molecule has 3 N–H and O–H groups in total. The van der Waals surface area contributed by atoms with E-state index < -0.39 is 5.82 Å². The van der Waals surface area contributed by atoms with Gasteiger partial charge in [-0.1, -0.05) is 23.7 Å². The number of benzene rings is 2. The molecule has 2 aromatic carbocycles. The number of rotatable bonds is 4. The van der Waals surface area contributed by atoms with Gasteiger partial charge in [0.1, 0.15) is 5.82 Å². The van der Waals surface area contributed by atoms with Gasteiger partial charge in [0.25, 0.3) is 5.91 Å². The van der Waals surface area contributed by atoms with Crippen LogP contribution in [0.4, 0.5) is 10.1 Å². The monoisotopic (exact) mass is 292 g/mol. The average molecular weight is 293 g/mol. The number of hydrogen-bond acceptors (Lipinski definition) is 2. The maximum atomic E-state index is 13.1. The molecule has 0 saturated carbocycles. The van der Waals surface area contributed by atoms with E-state index in [4.69, 9.17) is 17.3 Å². The number of nitrogens with one attached hydrogen (secondary N) is 1. The summed E-state index contributed by atoms with van der Waals surface area (Å²) in [7, 11) is 0. The van der Waals surface area contributed by atoms with Crippen LogP contribution in [0.2, 0.25) is 5.02 Å². The van der Waals surface area contributed by atoms with E-state index in [-0.39, 0.29) is 17.2 Å². The Hall–Kier alpha value is -2.07. The van der Waals surface area contributed by atoms with Crippen LogP contribution in [0.5, 0.6) is 0 Å². The van der Waals surface area contributed by atoms with Crippen molar-refractivity contribution in [1.29, 1.82) is 0 Å². The van der Waals surface area contributed by atoms with Crippen LogP contribution in [-0.2, 0) is 6.42 Å². The van der Waals surface area contributed by atoms with Crippen molar-refractivity contribution < 1.29 is 9.18 Å². The first kappa shape index (κ1) is 14.3. The molecule has 0 heterocycles. The molecule has 1 amide bonds. The minimum absolute atomic E-state index is 0.216. The third-order valence-electron chi connectivity index (χ3n) is 2.77. The van der Waals surface area contributed by atoms with Crippen LogP contribution in [0.1, 0.15) is 15.9 Å². The van der Waals surface area contributed by atoms with E-state index in [2.05, 4.69) is 5.32 Å². The molecule has 2 aromatic rings. The van der Waals surface area contributed by atoms with Crippen molar-refractivity contribution >= 4 is 23.2 Å². The predicted molar refractivity (Wildman–Crippen MR) is 78.3 cm³/mol. The van der Waals surface area contributed by atoms with Crippen LogP contribution < -0.4 is 11.1 Å². The zero-order valence-corrected chi connectivity index (χ0v) is 11.5. The average Bonchev–Trinajstić information content (AvgIpc) is 2.37. The first-order valence-electron chi connectivity index (χ1n) is 6.13. The van der Waals surface area contributed by atoms with E-state index >= 15 is 0 Å². The number of hydrogen-bond donors (Lipinski definition) is 2. The normalized spacial score (nSPS) is 10.3. The molecular formula is C15H14ClFN2O. The zero-order chi connectivity index (χ0) is 14.5. The molecule has 2 rings (SSSR count). The largest absolute Gasteiger partial charge is 0.399 e. The third kappa shape index (κ3) is 3.96. The molecule has 0 aliphatic carbocycles. The fourth-order valence-corrected chi connectivity index (χ4v) is 2.07. The highest BCUT2D eigenvalue weighted by Crippen LogP contribution is 2.12. The standard InChI is InChI=1S/C15H14ClFN2O/c16-12-3-1-2-10(6-12)4-5-19-15(20)11-7-13(17)9-14(18)8-11/h1-3,6-9H,4-5,18H2,(H,19,20). The quantitative estimate of drug-likeness (QED) is 0.851. The van der Waals surface area contributed by atoms with E-state index in [0.29, 0.717) is 18.0 Å². The SMILES string of the molecule is Nc1cc(F)cc(C(=O)NCCc2cccc(Cl)c2)c1. The summed E-state index contributed by atoms with van der Waals surface area (Å²) in [5, 5.41) is 3.38. The van der Waals surface area contributed by atoms with Gasteiger partial charge in [-0.25, -0.2) is 4.39 Å². The first-order chi connectivity index (χ1) is 9.54. The lowest BCUT2D eigenvalue weighted by Gasteiger charge is -2.06. The summed E-state index contributed by atoms with van der Waals surface area (Å²) in [6, 6.07) is 11.2. The van der Waals surface area contributed by atoms with Crippen LogP contribution >= 0.6 is 11.6 Å². The lowest BCUT2D eigenvalue weighted by Crippen LogP contribution is -2.25. The second-order valence-corrected chi connectivity index (χ2v) is 4.85. The highest BCUT2D eigenvalue weighted by Gasteiger charge is 2.07. The van der Waals surface area contributed by atoms with E-state index in [1.54, 1.807) is 6.07 Å². The highest BCUT2D eigenvalue weighted by atomic mass is 35.5. The van der Waals surface area contributed by atoms with E-state index in [0.717, 1.165) is 11.6 Å². The smallest absolute Gasteiger partial charge is 0.251 e. The summed E-state index contributed by atoms with van der Waals surface area (Å²) in [4.78, 5) is 11.8. The molecule has 0 radical (unpaired) electrons. The molecule has 20 heavy (non-hydrogen) atoms. The van der Waals surface area contributed by atoms with Crippen LogP contribution in [0, 0.1) is 5.82 Å². The molecule has 0 atom stereocenters. The van der Waals surface area contributed by atoms with Crippen molar-refractivity contribution in [1.82, 2.24) is 5.32 Å². The van der Waals surface area contributed by atoms with Gasteiger partial charge >= 0.3 is 0 Å². The van der Waals surface area contributed by atoms with Gasteiger partial charge in [0.15, 0.2) is 0 Å². The Morgan fingerprint density at radius 3 is 2.75 bits per heavy atom. The summed E-state index contributed by atoms with van der Waals surface area (Å²) in [6.45, 7) is 0.440. The summed E-state index contributed by atoms with van der Waals surface area (Å²) >= 11 is 5.87. The molecule has 0 aliphatic heterocycles. The van der Waals surface area contributed by atoms with Gasteiger partial charge in [0.2, 0.25) is 0 Å². The van der Waals surface area contributed by atoms with Crippen molar-refractivity contribution in [3.05, 3.63) is 64.4 Å².